The summed E-state index contributed by atoms with van der Waals surface area (Å²) in [6.45, 7) is 0.484. The molecule has 1 aromatic carbocycles. The largest absolute Gasteiger partial charge is 0.398 e. The molecule has 0 atom stereocenters. The minimum absolute atomic E-state index is 0.170. The van der Waals surface area contributed by atoms with Gasteiger partial charge in [-0.1, -0.05) is 15.9 Å². The van der Waals surface area contributed by atoms with Crippen LogP contribution in [0.3, 0.4) is 0 Å². The molecule has 0 spiro atoms. The topological polar surface area (TPSA) is 70.9 Å². The summed E-state index contributed by atoms with van der Waals surface area (Å²) in [5.41, 5.74) is 7.75. The van der Waals surface area contributed by atoms with Crippen LogP contribution >= 0.6 is 15.9 Å². The third-order valence-electron chi connectivity index (χ3n) is 2.37. The van der Waals surface area contributed by atoms with Crippen molar-refractivity contribution in [1.82, 2.24) is 10.3 Å². The molecule has 17 heavy (non-hydrogen) atoms. The van der Waals surface area contributed by atoms with Crippen LogP contribution in [0.5, 0.6) is 0 Å². The number of nitrogens with two attached hydrogens (primary N) is 1. The normalized spacial score (nSPS) is 10.2. The minimum atomic E-state index is -0.170. The molecule has 0 aliphatic rings. The van der Waals surface area contributed by atoms with E-state index in [2.05, 4.69) is 26.2 Å². The molecule has 1 heterocycles. The van der Waals surface area contributed by atoms with E-state index in [0.717, 1.165) is 10.0 Å². The van der Waals surface area contributed by atoms with Crippen LogP contribution in [-0.2, 0) is 6.54 Å². The van der Waals surface area contributed by atoms with Gasteiger partial charge in [-0.05, 0) is 29.8 Å². The van der Waals surface area contributed by atoms with Crippen LogP contribution in [-0.4, -0.2) is 10.9 Å². The molecule has 1 aromatic heterocycles. The first kappa shape index (κ1) is 11.7. The zero-order valence-corrected chi connectivity index (χ0v) is 10.6. The molecule has 0 aliphatic carbocycles. The quantitative estimate of drug-likeness (QED) is 0.760. The van der Waals surface area contributed by atoms with Gasteiger partial charge in [-0.25, -0.2) is 0 Å². The number of amides is 1. The summed E-state index contributed by atoms with van der Waals surface area (Å²) in [5.74, 6) is -0.170. The summed E-state index contributed by atoms with van der Waals surface area (Å²) in [6, 6.07) is 7.11. The van der Waals surface area contributed by atoms with E-state index in [1.54, 1.807) is 18.2 Å². The van der Waals surface area contributed by atoms with Crippen molar-refractivity contribution >= 4 is 27.5 Å². The van der Waals surface area contributed by atoms with Crippen LogP contribution in [0, 0.1) is 0 Å². The number of aromatic nitrogens is 1. The number of anilines is 1. The lowest BCUT2D eigenvalue weighted by molar-refractivity contribution is 0.0952. The van der Waals surface area contributed by atoms with Crippen molar-refractivity contribution in [3.05, 3.63) is 52.3 Å². The number of hydrogen-bond acceptors (Lipinski definition) is 2. The van der Waals surface area contributed by atoms with Crippen molar-refractivity contribution in [3.8, 4) is 0 Å². The van der Waals surface area contributed by atoms with Crippen LogP contribution in [0.15, 0.2) is 41.1 Å². The number of hydrogen-bond donors (Lipinski definition) is 3. The molecule has 2 rings (SSSR count). The van der Waals surface area contributed by atoms with E-state index in [-0.39, 0.29) is 5.91 Å². The van der Waals surface area contributed by atoms with Gasteiger partial charge in [-0.15, -0.1) is 0 Å². The van der Waals surface area contributed by atoms with Crippen molar-refractivity contribution in [2.45, 2.75) is 6.54 Å². The van der Waals surface area contributed by atoms with Gasteiger partial charge in [-0.3, -0.25) is 4.79 Å². The molecule has 5 heteroatoms. The molecule has 0 fully saturated rings. The number of halogens is 1. The number of benzene rings is 1. The predicted molar refractivity (Wildman–Crippen MR) is 70.5 cm³/mol. The zero-order chi connectivity index (χ0) is 12.3. The second-order valence-corrected chi connectivity index (χ2v) is 4.55. The first-order valence-electron chi connectivity index (χ1n) is 5.11. The summed E-state index contributed by atoms with van der Waals surface area (Å²) in [7, 11) is 0. The van der Waals surface area contributed by atoms with Crippen LogP contribution in [0.4, 0.5) is 5.69 Å². The Labute approximate surface area is 107 Å². The van der Waals surface area contributed by atoms with Gasteiger partial charge in [0.2, 0.25) is 0 Å². The van der Waals surface area contributed by atoms with Crippen molar-refractivity contribution in [2.75, 3.05) is 5.73 Å². The maximum atomic E-state index is 11.9. The Morgan fingerprint density at radius 2 is 2.24 bits per heavy atom. The number of aromatic amines is 1. The number of carbonyl (C=O) groups excluding carboxylic acids is 1. The predicted octanol–water partition coefficient (Wildman–Crippen LogP) is 2.29. The minimum Gasteiger partial charge on any atom is -0.398 e. The van der Waals surface area contributed by atoms with Crippen molar-refractivity contribution < 1.29 is 4.79 Å². The van der Waals surface area contributed by atoms with Crippen LogP contribution < -0.4 is 11.1 Å². The number of nitrogen functional groups attached to an aromatic ring is 1. The second kappa shape index (κ2) is 5.05. The van der Waals surface area contributed by atoms with Crippen LogP contribution in [0.2, 0.25) is 0 Å². The SMILES string of the molecule is Nc1cc(Br)ccc1C(=O)NCc1cc[nH]c1. The average Bonchev–Trinajstić information content (AvgIpc) is 2.78. The monoisotopic (exact) mass is 293 g/mol. The lowest BCUT2D eigenvalue weighted by atomic mass is 10.1. The van der Waals surface area contributed by atoms with Gasteiger partial charge in [0.05, 0.1) is 5.56 Å². The third kappa shape index (κ3) is 2.88. The summed E-state index contributed by atoms with van der Waals surface area (Å²) in [4.78, 5) is 14.8. The van der Waals surface area contributed by atoms with Crippen molar-refractivity contribution in [2.24, 2.45) is 0 Å². The molecule has 1 amide bonds. The second-order valence-electron chi connectivity index (χ2n) is 3.63. The lowest BCUT2D eigenvalue weighted by Gasteiger charge is -2.06. The highest BCUT2D eigenvalue weighted by molar-refractivity contribution is 9.10. The number of H-pyrrole nitrogens is 1. The Balaban J connectivity index is 2.04. The van der Waals surface area contributed by atoms with Gasteiger partial charge >= 0.3 is 0 Å². The number of carbonyl (C=O) groups is 1. The highest BCUT2D eigenvalue weighted by Gasteiger charge is 2.09. The Kier molecular flexibility index (Phi) is 3.49. The zero-order valence-electron chi connectivity index (χ0n) is 9.03. The molecule has 88 valence electrons. The molecule has 0 saturated carbocycles. The molecule has 0 unspecified atom stereocenters. The van der Waals surface area contributed by atoms with Gasteiger partial charge in [0, 0.05) is 29.1 Å². The molecular weight excluding hydrogens is 282 g/mol. The molecule has 0 bridgehead atoms. The number of rotatable bonds is 3. The van der Waals surface area contributed by atoms with Gasteiger partial charge < -0.3 is 16.0 Å². The Morgan fingerprint density at radius 3 is 2.88 bits per heavy atom. The summed E-state index contributed by atoms with van der Waals surface area (Å²) >= 11 is 3.30. The standard InChI is InChI=1S/C12H12BrN3O/c13-9-1-2-10(11(14)5-9)12(17)16-7-8-3-4-15-6-8/h1-6,15H,7,14H2,(H,16,17). The Morgan fingerprint density at radius 1 is 1.41 bits per heavy atom. The van der Waals surface area contributed by atoms with E-state index >= 15 is 0 Å². The summed E-state index contributed by atoms with van der Waals surface area (Å²) in [6.07, 6.45) is 3.65. The fraction of sp³-hybridized carbons (Fsp3) is 0.0833. The van der Waals surface area contributed by atoms with E-state index in [9.17, 15) is 4.79 Å². The fourth-order valence-electron chi connectivity index (χ4n) is 1.49. The van der Waals surface area contributed by atoms with Gasteiger partial charge in [0.1, 0.15) is 0 Å². The summed E-state index contributed by atoms with van der Waals surface area (Å²) in [5, 5.41) is 2.81. The smallest absolute Gasteiger partial charge is 0.253 e. The third-order valence-corrected chi connectivity index (χ3v) is 2.87. The van der Waals surface area contributed by atoms with E-state index in [1.807, 2.05) is 18.5 Å². The van der Waals surface area contributed by atoms with E-state index in [4.69, 9.17) is 5.73 Å². The van der Waals surface area contributed by atoms with Gasteiger partial charge in [-0.2, -0.15) is 0 Å². The highest BCUT2D eigenvalue weighted by Crippen LogP contribution is 2.18. The molecule has 0 saturated heterocycles. The first-order chi connectivity index (χ1) is 8.16. The van der Waals surface area contributed by atoms with E-state index < -0.39 is 0 Å². The van der Waals surface area contributed by atoms with Crippen LogP contribution in [0.1, 0.15) is 15.9 Å². The van der Waals surface area contributed by atoms with E-state index in [1.165, 1.54) is 0 Å². The summed E-state index contributed by atoms with van der Waals surface area (Å²) < 4.78 is 0.859. The maximum absolute atomic E-state index is 11.9. The molecule has 4 nitrogen and oxygen atoms in total. The lowest BCUT2D eigenvalue weighted by Crippen LogP contribution is -2.23. The molecular formula is C12H12BrN3O. The van der Waals surface area contributed by atoms with Crippen molar-refractivity contribution in [1.29, 1.82) is 0 Å². The van der Waals surface area contributed by atoms with Gasteiger partial charge in [0.25, 0.3) is 5.91 Å². The average molecular weight is 294 g/mol. The Hall–Kier alpha value is -1.75. The number of nitrogens with one attached hydrogen (secondary N) is 2. The Bertz CT molecular complexity index is 523. The molecule has 2 aromatic rings. The van der Waals surface area contributed by atoms with Crippen LogP contribution in [0.25, 0.3) is 0 Å². The highest BCUT2D eigenvalue weighted by atomic mass is 79.9. The molecule has 4 N–H and O–H groups in total. The fourth-order valence-corrected chi connectivity index (χ4v) is 1.87. The van der Waals surface area contributed by atoms with E-state index in [0.29, 0.717) is 17.8 Å². The molecule has 0 aliphatic heterocycles. The van der Waals surface area contributed by atoms with Gasteiger partial charge in [0.15, 0.2) is 0 Å². The molecule has 0 radical (unpaired) electrons. The maximum Gasteiger partial charge on any atom is 0.253 e. The van der Waals surface area contributed by atoms with Crippen molar-refractivity contribution in [3.63, 3.8) is 0 Å². The first-order valence-corrected chi connectivity index (χ1v) is 5.91.